The number of hydrogen-bond donors (Lipinski definition) is 3. The van der Waals surface area contributed by atoms with E-state index in [0.717, 1.165) is 6.08 Å². The average molecular weight is 232 g/mol. The minimum absolute atomic E-state index is 0.248. The third kappa shape index (κ3) is 2.00. The van der Waals surface area contributed by atoms with Crippen LogP contribution in [-0.2, 0) is 0 Å². The van der Waals surface area contributed by atoms with Gasteiger partial charge in [0.25, 0.3) is 0 Å². The number of benzene rings is 1. The van der Waals surface area contributed by atoms with Crippen LogP contribution in [0.1, 0.15) is 10.4 Å². The maximum atomic E-state index is 12.1. The molecule has 1 aromatic rings. The number of rotatable bonds is 2. The predicted molar refractivity (Wildman–Crippen MR) is 61.6 cm³/mol. The molecule has 0 radical (unpaired) electrons. The SMILES string of the molecule is O=C(c1ccccc1)C1(O)C=C(O)C=CC1O. The summed E-state index contributed by atoms with van der Waals surface area (Å²) in [6.07, 6.45) is 1.99. The molecule has 0 amide bonds. The molecule has 0 saturated heterocycles. The second kappa shape index (κ2) is 4.16. The zero-order valence-corrected chi connectivity index (χ0v) is 8.95. The van der Waals surface area contributed by atoms with Crippen molar-refractivity contribution < 1.29 is 20.1 Å². The summed E-state index contributed by atoms with van der Waals surface area (Å²) in [5.41, 5.74) is -1.84. The molecule has 0 spiro atoms. The highest BCUT2D eigenvalue weighted by Crippen LogP contribution is 2.25. The van der Waals surface area contributed by atoms with Crippen LogP contribution in [0.5, 0.6) is 0 Å². The van der Waals surface area contributed by atoms with Gasteiger partial charge in [-0.05, 0) is 18.2 Å². The van der Waals surface area contributed by atoms with Gasteiger partial charge in [-0.2, -0.15) is 0 Å². The number of allylic oxidation sites excluding steroid dienone is 1. The molecule has 1 aromatic carbocycles. The zero-order chi connectivity index (χ0) is 12.5. The van der Waals surface area contributed by atoms with Crippen molar-refractivity contribution in [1.29, 1.82) is 0 Å². The lowest BCUT2D eigenvalue weighted by atomic mass is 9.84. The van der Waals surface area contributed by atoms with Crippen LogP contribution in [0.2, 0.25) is 0 Å². The van der Waals surface area contributed by atoms with Gasteiger partial charge in [-0.3, -0.25) is 4.79 Å². The number of aliphatic hydroxyl groups excluding tert-OH is 2. The summed E-state index contributed by atoms with van der Waals surface area (Å²) in [6, 6.07) is 8.13. The molecular weight excluding hydrogens is 220 g/mol. The minimum Gasteiger partial charge on any atom is -0.508 e. The fraction of sp³-hybridized carbons (Fsp3) is 0.154. The van der Waals surface area contributed by atoms with Crippen molar-refractivity contribution in [2.75, 3.05) is 0 Å². The van der Waals surface area contributed by atoms with E-state index >= 15 is 0 Å². The zero-order valence-electron chi connectivity index (χ0n) is 8.95. The van der Waals surface area contributed by atoms with Gasteiger partial charge in [0.1, 0.15) is 11.9 Å². The highest BCUT2D eigenvalue weighted by molar-refractivity contribution is 6.04. The normalized spacial score (nSPS) is 27.6. The lowest BCUT2D eigenvalue weighted by molar-refractivity contribution is -0.00480. The molecule has 17 heavy (non-hydrogen) atoms. The lowest BCUT2D eigenvalue weighted by Crippen LogP contribution is -2.48. The van der Waals surface area contributed by atoms with Crippen LogP contribution in [0.15, 0.2) is 54.3 Å². The molecule has 3 N–H and O–H groups in total. The number of aliphatic hydroxyl groups is 3. The molecule has 0 bridgehead atoms. The van der Waals surface area contributed by atoms with E-state index in [1.807, 2.05) is 0 Å². The van der Waals surface area contributed by atoms with E-state index in [2.05, 4.69) is 0 Å². The smallest absolute Gasteiger partial charge is 0.201 e. The van der Waals surface area contributed by atoms with Crippen LogP contribution in [0.25, 0.3) is 0 Å². The van der Waals surface area contributed by atoms with E-state index in [1.54, 1.807) is 18.2 Å². The molecule has 1 aliphatic rings. The summed E-state index contributed by atoms with van der Waals surface area (Å²) >= 11 is 0. The Bertz CT molecular complexity index is 489. The van der Waals surface area contributed by atoms with E-state index < -0.39 is 17.5 Å². The molecule has 0 aromatic heterocycles. The summed E-state index contributed by atoms with van der Waals surface area (Å²) < 4.78 is 0. The molecule has 0 aliphatic heterocycles. The molecule has 0 saturated carbocycles. The molecule has 4 heteroatoms. The largest absolute Gasteiger partial charge is 0.508 e. The van der Waals surface area contributed by atoms with E-state index in [0.29, 0.717) is 0 Å². The molecule has 0 fully saturated rings. The van der Waals surface area contributed by atoms with Crippen LogP contribution in [-0.4, -0.2) is 32.8 Å². The number of ketones is 1. The minimum atomic E-state index is -2.11. The maximum absolute atomic E-state index is 12.1. The van der Waals surface area contributed by atoms with Gasteiger partial charge in [-0.1, -0.05) is 30.3 Å². The van der Waals surface area contributed by atoms with Crippen LogP contribution < -0.4 is 0 Å². The molecule has 2 atom stereocenters. The van der Waals surface area contributed by atoms with Crippen LogP contribution >= 0.6 is 0 Å². The monoisotopic (exact) mass is 232 g/mol. The molecule has 2 unspecified atom stereocenters. The topological polar surface area (TPSA) is 77.8 Å². The predicted octanol–water partition coefficient (Wildman–Crippen LogP) is 0.973. The van der Waals surface area contributed by atoms with Gasteiger partial charge >= 0.3 is 0 Å². The summed E-state index contributed by atoms with van der Waals surface area (Å²) in [7, 11) is 0. The Hall–Kier alpha value is -1.91. The van der Waals surface area contributed by atoms with Crippen molar-refractivity contribution in [2.24, 2.45) is 0 Å². The Morgan fingerprint density at radius 3 is 2.53 bits per heavy atom. The van der Waals surface area contributed by atoms with Crippen molar-refractivity contribution in [3.05, 3.63) is 59.9 Å². The molecule has 1 aliphatic carbocycles. The van der Waals surface area contributed by atoms with Gasteiger partial charge in [0.05, 0.1) is 0 Å². The second-order valence-corrected chi connectivity index (χ2v) is 3.89. The highest BCUT2D eigenvalue weighted by atomic mass is 16.4. The van der Waals surface area contributed by atoms with Crippen LogP contribution in [0, 0.1) is 0 Å². The van der Waals surface area contributed by atoms with Crippen molar-refractivity contribution in [2.45, 2.75) is 11.7 Å². The number of carbonyl (C=O) groups is 1. The third-order valence-corrected chi connectivity index (χ3v) is 2.67. The Kier molecular flexibility index (Phi) is 2.83. The number of carbonyl (C=O) groups excluding carboxylic acids is 1. The van der Waals surface area contributed by atoms with Crippen molar-refractivity contribution >= 4 is 5.78 Å². The van der Waals surface area contributed by atoms with Gasteiger partial charge < -0.3 is 15.3 Å². The number of Topliss-reactive ketones (excluding diaryl/α,β-unsaturated/α-hetero) is 1. The average Bonchev–Trinajstić information content (AvgIpc) is 2.34. The summed E-state index contributed by atoms with van der Waals surface area (Å²) in [4.78, 5) is 12.1. The Balaban J connectivity index is 2.40. The van der Waals surface area contributed by atoms with E-state index in [-0.39, 0.29) is 11.3 Å². The summed E-state index contributed by atoms with van der Waals surface area (Å²) in [5, 5.41) is 29.1. The lowest BCUT2D eigenvalue weighted by Gasteiger charge is -2.29. The highest BCUT2D eigenvalue weighted by Gasteiger charge is 2.42. The quantitative estimate of drug-likeness (QED) is 0.664. The van der Waals surface area contributed by atoms with E-state index in [9.17, 15) is 20.1 Å². The first-order valence-electron chi connectivity index (χ1n) is 5.14. The van der Waals surface area contributed by atoms with Gasteiger partial charge in [0.15, 0.2) is 5.60 Å². The Labute approximate surface area is 98.1 Å². The fourth-order valence-corrected chi connectivity index (χ4v) is 1.72. The Morgan fingerprint density at radius 1 is 1.24 bits per heavy atom. The maximum Gasteiger partial charge on any atom is 0.201 e. The number of hydrogen-bond acceptors (Lipinski definition) is 4. The van der Waals surface area contributed by atoms with Crippen molar-refractivity contribution in [3.63, 3.8) is 0 Å². The molecule has 88 valence electrons. The van der Waals surface area contributed by atoms with Gasteiger partial charge in [0, 0.05) is 5.56 Å². The third-order valence-electron chi connectivity index (χ3n) is 2.67. The fourth-order valence-electron chi connectivity index (χ4n) is 1.72. The summed E-state index contributed by atoms with van der Waals surface area (Å²) in [5.74, 6) is -0.899. The summed E-state index contributed by atoms with van der Waals surface area (Å²) in [6.45, 7) is 0. The first kappa shape index (κ1) is 11.6. The second-order valence-electron chi connectivity index (χ2n) is 3.89. The van der Waals surface area contributed by atoms with Crippen molar-refractivity contribution in [1.82, 2.24) is 0 Å². The van der Waals surface area contributed by atoms with Gasteiger partial charge in [0.2, 0.25) is 5.78 Å². The van der Waals surface area contributed by atoms with E-state index in [1.165, 1.54) is 24.3 Å². The molecular formula is C13H12O4. The molecule has 4 nitrogen and oxygen atoms in total. The molecule has 2 rings (SSSR count). The van der Waals surface area contributed by atoms with Gasteiger partial charge in [-0.25, -0.2) is 0 Å². The van der Waals surface area contributed by atoms with Crippen LogP contribution in [0.4, 0.5) is 0 Å². The Morgan fingerprint density at radius 2 is 1.88 bits per heavy atom. The van der Waals surface area contributed by atoms with Crippen LogP contribution in [0.3, 0.4) is 0 Å². The van der Waals surface area contributed by atoms with E-state index in [4.69, 9.17) is 0 Å². The first-order chi connectivity index (χ1) is 8.04. The van der Waals surface area contributed by atoms with Gasteiger partial charge in [-0.15, -0.1) is 0 Å². The standard InChI is InChI=1S/C13H12O4/c14-10-6-7-11(15)13(17,8-10)12(16)9-4-2-1-3-5-9/h1-8,11,14-15,17H. The molecule has 0 heterocycles. The van der Waals surface area contributed by atoms with Crippen molar-refractivity contribution in [3.8, 4) is 0 Å². The first-order valence-corrected chi connectivity index (χ1v) is 5.14.